The van der Waals surface area contributed by atoms with Crippen LogP contribution in [-0.2, 0) is 19.1 Å². The molecule has 2 amide bonds. The molecule has 0 bridgehead atoms. The van der Waals surface area contributed by atoms with Crippen molar-refractivity contribution in [1.82, 2.24) is 10.6 Å². The van der Waals surface area contributed by atoms with Crippen LogP contribution in [0.25, 0.3) is 0 Å². The van der Waals surface area contributed by atoms with E-state index in [1.165, 1.54) is 7.11 Å². The summed E-state index contributed by atoms with van der Waals surface area (Å²) in [5, 5.41) is 4.95. The van der Waals surface area contributed by atoms with E-state index in [9.17, 15) is 14.4 Å². The van der Waals surface area contributed by atoms with Gasteiger partial charge in [-0.25, -0.2) is 4.79 Å². The second kappa shape index (κ2) is 10.5. The van der Waals surface area contributed by atoms with Gasteiger partial charge in [0.1, 0.15) is 12.4 Å². The summed E-state index contributed by atoms with van der Waals surface area (Å²) < 4.78 is 10.2. The van der Waals surface area contributed by atoms with Crippen LogP contribution in [0.5, 0.6) is 5.75 Å². The van der Waals surface area contributed by atoms with Crippen LogP contribution in [0.1, 0.15) is 11.6 Å². The number of carbonyl (C=O) groups is 3. The summed E-state index contributed by atoms with van der Waals surface area (Å²) in [6.07, 6.45) is 5.11. The fraction of sp³-hybridized carbons (Fsp3) is 0.312. The van der Waals surface area contributed by atoms with Crippen LogP contribution >= 0.6 is 22.6 Å². The topological polar surface area (TPSA) is 93.7 Å². The summed E-state index contributed by atoms with van der Waals surface area (Å²) in [6, 6.07) is 5.52. The highest BCUT2D eigenvalue weighted by Crippen LogP contribution is 2.19. The lowest BCUT2D eigenvalue weighted by Crippen LogP contribution is -2.41. The van der Waals surface area contributed by atoms with Gasteiger partial charge in [-0.1, -0.05) is 40.6 Å². The quantitative estimate of drug-likeness (QED) is 0.265. The Morgan fingerprint density at radius 2 is 1.92 bits per heavy atom. The van der Waals surface area contributed by atoms with Crippen LogP contribution in [-0.4, -0.2) is 42.5 Å². The Bertz CT molecular complexity index is 624. The summed E-state index contributed by atoms with van der Waals surface area (Å²) in [5.74, 6) is 1.49. The van der Waals surface area contributed by atoms with Crippen molar-refractivity contribution in [3.8, 4) is 18.1 Å². The zero-order valence-electron chi connectivity index (χ0n) is 13.0. The second-order valence-corrected chi connectivity index (χ2v) is 5.26. The summed E-state index contributed by atoms with van der Waals surface area (Å²) in [6.45, 7) is -0.0916. The summed E-state index contributed by atoms with van der Waals surface area (Å²) in [4.78, 5) is 35.0. The van der Waals surface area contributed by atoms with E-state index in [0.717, 1.165) is 0 Å². The molecule has 0 spiro atoms. The Labute approximate surface area is 153 Å². The first-order valence-electron chi connectivity index (χ1n) is 6.88. The van der Waals surface area contributed by atoms with Gasteiger partial charge < -0.3 is 20.1 Å². The van der Waals surface area contributed by atoms with Crippen molar-refractivity contribution in [3.63, 3.8) is 0 Å². The smallest absolute Gasteiger partial charge is 0.333 e. The number of rotatable bonds is 8. The van der Waals surface area contributed by atoms with Gasteiger partial charge in [-0.05, 0) is 17.7 Å². The monoisotopic (exact) mass is 444 g/mol. The van der Waals surface area contributed by atoms with Crippen molar-refractivity contribution in [3.05, 3.63) is 29.8 Å². The number of hydrogen-bond acceptors (Lipinski definition) is 5. The number of esters is 1. The molecule has 0 aliphatic heterocycles. The van der Waals surface area contributed by atoms with Crippen molar-refractivity contribution in [1.29, 1.82) is 0 Å². The highest BCUT2D eigenvalue weighted by atomic mass is 127. The minimum Gasteiger partial charge on any atom is -0.481 e. The Morgan fingerprint density at radius 3 is 2.46 bits per heavy atom. The molecule has 0 aromatic heterocycles. The molecular formula is C16H17IN2O5. The summed E-state index contributed by atoms with van der Waals surface area (Å²) in [7, 11) is 1.23. The van der Waals surface area contributed by atoms with Crippen LogP contribution in [0.2, 0.25) is 0 Å². The molecule has 0 radical (unpaired) electrons. The molecule has 1 aromatic carbocycles. The highest BCUT2D eigenvalue weighted by Gasteiger charge is 2.23. The minimum atomic E-state index is -0.985. The van der Waals surface area contributed by atoms with Gasteiger partial charge in [-0.2, -0.15) is 0 Å². The minimum absolute atomic E-state index is 0.132. The molecule has 8 heteroatoms. The standard InChI is InChI=1S/C16H17IN2O5/c1-3-8-24-12-6-4-11(5-7-12)15(16(22)23-2)19-14(21)10-18-13(20)9-17/h1,4-7,15H,8-10H2,2H3,(H,18,20)(H,19,21)/t15-/m0/s1. The molecule has 0 aliphatic carbocycles. The Morgan fingerprint density at radius 1 is 1.25 bits per heavy atom. The van der Waals surface area contributed by atoms with Crippen LogP contribution in [0, 0.1) is 12.3 Å². The van der Waals surface area contributed by atoms with E-state index < -0.39 is 17.9 Å². The van der Waals surface area contributed by atoms with Gasteiger partial charge in [-0.15, -0.1) is 6.42 Å². The Balaban J connectivity index is 2.78. The molecule has 0 aliphatic rings. The van der Waals surface area contributed by atoms with Crippen molar-refractivity contribution in [2.75, 3.05) is 24.7 Å². The van der Waals surface area contributed by atoms with Crippen LogP contribution in [0.15, 0.2) is 24.3 Å². The zero-order valence-corrected chi connectivity index (χ0v) is 15.2. The molecule has 0 unspecified atom stereocenters. The zero-order chi connectivity index (χ0) is 17.9. The molecule has 0 fully saturated rings. The first-order chi connectivity index (χ1) is 11.5. The van der Waals surface area contributed by atoms with Crippen molar-refractivity contribution in [2.45, 2.75) is 6.04 Å². The number of benzene rings is 1. The first kappa shape index (κ1) is 19.8. The van der Waals surface area contributed by atoms with Crippen LogP contribution in [0.3, 0.4) is 0 Å². The normalized spacial score (nSPS) is 10.9. The number of methoxy groups -OCH3 is 1. The molecule has 0 heterocycles. The fourth-order valence-corrected chi connectivity index (χ4v) is 1.99. The van der Waals surface area contributed by atoms with Gasteiger partial charge in [0, 0.05) is 0 Å². The Kier molecular flexibility index (Phi) is 8.64. The van der Waals surface area contributed by atoms with Crippen LogP contribution < -0.4 is 15.4 Å². The molecule has 2 N–H and O–H groups in total. The van der Waals surface area contributed by atoms with E-state index >= 15 is 0 Å². The number of ether oxygens (including phenoxy) is 2. The predicted molar refractivity (Wildman–Crippen MR) is 95.6 cm³/mol. The lowest BCUT2D eigenvalue weighted by molar-refractivity contribution is -0.145. The number of carbonyl (C=O) groups excluding carboxylic acids is 3. The van der Waals surface area contributed by atoms with E-state index in [4.69, 9.17) is 15.9 Å². The number of alkyl halides is 1. The number of hydrogen-bond donors (Lipinski definition) is 2. The fourth-order valence-electron chi connectivity index (χ4n) is 1.72. The van der Waals surface area contributed by atoms with Crippen molar-refractivity contribution < 1.29 is 23.9 Å². The average Bonchev–Trinajstić information content (AvgIpc) is 2.62. The van der Waals surface area contributed by atoms with E-state index in [1.54, 1.807) is 24.3 Å². The van der Waals surface area contributed by atoms with E-state index in [0.29, 0.717) is 11.3 Å². The molecule has 7 nitrogen and oxygen atoms in total. The number of halogens is 1. The maximum atomic E-state index is 11.9. The lowest BCUT2D eigenvalue weighted by Gasteiger charge is -2.17. The molecule has 1 rings (SSSR count). The maximum Gasteiger partial charge on any atom is 0.333 e. The van der Waals surface area contributed by atoms with E-state index in [-0.39, 0.29) is 23.5 Å². The highest BCUT2D eigenvalue weighted by molar-refractivity contribution is 14.1. The molecule has 1 aromatic rings. The third-order valence-corrected chi connectivity index (χ3v) is 3.54. The van der Waals surface area contributed by atoms with Crippen molar-refractivity contribution >= 4 is 40.4 Å². The van der Waals surface area contributed by atoms with Gasteiger partial charge in [0.2, 0.25) is 11.8 Å². The third-order valence-electron chi connectivity index (χ3n) is 2.85. The predicted octanol–water partition coefficient (Wildman–Crippen LogP) is 0.580. The van der Waals surface area contributed by atoms with Crippen molar-refractivity contribution in [2.24, 2.45) is 0 Å². The van der Waals surface area contributed by atoms with Gasteiger partial charge in [0.05, 0.1) is 18.1 Å². The molecule has 128 valence electrons. The largest absolute Gasteiger partial charge is 0.481 e. The lowest BCUT2D eigenvalue weighted by atomic mass is 10.1. The summed E-state index contributed by atoms with van der Waals surface area (Å²) >= 11 is 1.88. The number of amides is 2. The van der Waals surface area contributed by atoms with Crippen LogP contribution in [0.4, 0.5) is 0 Å². The van der Waals surface area contributed by atoms with Gasteiger partial charge in [0.25, 0.3) is 0 Å². The molecule has 0 saturated carbocycles. The molecule has 0 saturated heterocycles. The van der Waals surface area contributed by atoms with Gasteiger partial charge in [0.15, 0.2) is 6.04 Å². The Hall–Kier alpha value is -2.28. The number of terminal acetylenes is 1. The SMILES string of the molecule is C#CCOc1ccc([C@H](NC(=O)CNC(=O)CI)C(=O)OC)cc1. The molecule has 1 atom stereocenters. The van der Waals surface area contributed by atoms with Gasteiger partial charge >= 0.3 is 5.97 Å². The third kappa shape index (κ3) is 6.45. The molecule has 24 heavy (non-hydrogen) atoms. The summed E-state index contributed by atoms with van der Waals surface area (Å²) in [5.41, 5.74) is 0.517. The average molecular weight is 444 g/mol. The maximum absolute atomic E-state index is 11.9. The van der Waals surface area contributed by atoms with Gasteiger partial charge in [-0.3, -0.25) is 9.59 Å². The number of nitrogens with one attached hydrogen (secondary N) is 2. The second-order valence-electron chi connectivity index (χ2n) is 4.50. The van der Waals surface area contributed by atoms with E-state index in [1.807, 2.05) is 22.6 Å². The van der Waals surface area contributed by atoms with E-state index in [2.05, 4.69) is 16.6 Å². The molecular weight excluding hydrogens is 427 g/mol. The first-order valence-corrected chi connectivity index (χ1v) is 8.40.